The van der Waals surface area contributed by atoms with Crippen LogP contribution >= 0.6 is 11.3 Å². The lowest BCUT2D eigenvalue weighted by Gasteiger charge is -2.19. The maximum atomic E-state index is 4.84. The minimum Gasteiger partial charge on any atom is -0.348 e. The predicted octanol–water partition coefficient (Wildman–Crippen LogP) is 4.11. The van der Waals surface area contributed by atoms with Crippen LogP contribution in [-0.2, 0) is 7.05 Å². The summed E-state index contributed by atoms with van der Waals surface area (Å²) in [6.45, 7) is 4.26. The van der Waals surface area contributed by atoms with Crippen molar-refractivity contribution in [1.82, 2.24) is 14.8 Å². The molecule has 2 aromatic heterocycles. The number of aromatic nitrogens is 3. The molecule has 0 amide bonds. The van der Waals surface area contributed by atoms with Crippen LogP contribution in [0.5, 0.6) is 0 Å². The number of anilines is 1. The minimum absolute atomic E-state index is 0.680. The van der Waals surface area contributed by atoms with Gasteiger partial charge in [-0.1, -0.05) is 41.7 Å². The summed E-state index contributed by atoms with van der Waals surface area (Å²) in [4.78, 5) is 7.31. The molecule has 3 aromatic rings. The molecule has 0 saturated carbocycles. The van der Waals surface area contributed by atoms with E-state index >= 15 is 0 Å². The Hall–Kier alpha value is -1.88. The predicted molar refractivity (Wildman–Crippen MR) is 96.4 cm³/mol. The van der Waals surface area contributed by atoms with Crippen LogP contribution in [0.1, 0.15) is 36.4 Å². The van der Waals surface area contributed by atoms with Crippen LogP contribution in [0.15, 0.2) is 30.3 Å². The van der Waals surface area contributed by atoms with Gasteiger partial charge in [0.25, 0.3) is 0 Å². The lowest BCUT2D eigenvalue weighted by Crippen LogP contribution is -2.23. The molecule has 4 rings (SSSR count). The van der Waals surface area contributed by atoms with E-state index in [9.17, 15) is 0 Å². The topological polar surface area (TPSA) is 34.0 Å². The van der Waals surface area contributed by atoms with E-state index in [-0.39, 0.29) is 0 Å². The minimum atomic E-state index is 0.680. The molecule has 1 unspecified atom stereocenters. The fourth-order valence-corrected chi connectivity index (χ4v) is 4.64. The number of hydrogen-bond donors (Lipinski definition) is 0. The third-order valence-corrected chi connectivity index (χ3v) is 6.02. The van der Waals surface area contributed by atoms with Crippen molar-refractivity contribution >= 4 is 26.8 Å². The Labute approximate surface area is 140 Å². The summed E-state index contributed by atoms with van der Waals surface area (Å²) < 4.78 is 3.13. The Kier molecular flexibility index (Phi) is 3.81. The van der Waals surface area contributed by atoms with Gasteiger partial charge in [-0.15, -0.1) is 0 Å². The molecule has 0 N–H and O–H groups in total. The molecular weight excluding hydrogens is 304 g/mol. The average Bonchev–Trinajstić information content (AvgIpc) is 3.01. The zero-order valence-corrected chi connectivity index (χ0v) is 14.5. The molecule has 1 atom stereocenters. The van der Waals surface area contributed by atoms with Crippen molar-refractivity contribution in [2.24, 2.45) is 7.05 Å². The molecule has 1 aliphatic heterocycles. The summed E-state index contributed by atoms with van der Waals surface area (Å²) >= 11 is 1.79. The highest BCUT2D eigenvalue weighted by Gasteiger charge is 2.22. The van der Waals surface area contributed by atoms with E-state index in [0.717, 1.165) is 29.6 Å². The summed E-state index contributed by atoms with van der Waals surface area (Å²) in [5.74, 6) is 0.680. The smallest absolute Gasteiger partial charge is 0.188 e. The van der Waals surface area contributed by atoms with Gasteiger partial charge in [0.1, 0.15) is 0 Å². The van der Waals surface area contributed by atoms with Gasteiger partial charge in [0.2, 0.25) is 0 Å². The Balaban J connectivity index is 1.55. The summed E-state index contributed by atoms with van der Waals surface area (Å²) in [6.07, 6.45) is 3.70. The highest BCUT2D eigenvalue weighted by atomic mass is 32.1. The number of fused-ring (bicyclic) bond motifs is 1. The molecular formula is C18H22N4S. The average molecular weight is 326 g/mol. The van der Waals surface area contributed by atoms with Crippen molar-refractivity contribution in [1.29, 1.82) is 0 Å². The van der Waals surface area contributed by atoms with Crippen LogP contribution in [-0.4, -0.2) is 27.9 Å². The van der Waals surface area contributed by atoms with Gasteiger partial charge in [0.05, 0.1) is 10.4 Å². The van der Waals surface area contributed by atoms with Gasteiger partial charge >= 0.3 is 0 Å². The van der Waals surface area contributed by atoms with Gasteiger partial charge in [0.15, 0.2) is 10.8 Å². The van der Waals surface area contributed by atoms with Crippen molar-refractivity contribution in [3.63, 3.8) is 0 Å². The fraction of sp³-hybridized carbons (Fsp3) is 0.444. The Bertz CT molecular complexity index is 771. The van der Waals surface area contributed by atoms with Crippen LogP contribution in [0.25, 0.3) is 10.3 Å². The maximum absolute atomic E-state index is 4.84. The van der Waals surface area contributed by atoms with Gasteiger partial charge in [0, 0.05) is 20.1 Å². The lowest BCUT2D eigenvalue weighted by atomic mass is 9.92. The zero-order valence-electron chi connectivity index (χ0n) is 13.7. The second kappa shape index (κ2) is 5.96. The number of rotatable bonds is 2. The molecule has 1 fully saturated rings. The first-order valence-corrected chi connectivity index (χ1v) is 9.14. The van der Waals surface area contributed by atoms with Crippen LogP contribution in [0.2, 0.25) is 0 Å². The molecule has 5 heteroatoms. The van der Waals surface area contributed by atoms with Crippen molar-refractivity contribution in [2.75, 3.05) is 18.0 Å². The van der Waals surface area contributed by atoms with Crippen molar-refractivity contribution < 1.29 is 0 Å². The Morgan fingerprint density at radius 2 is 1.96 bits per heavy atom. The number of hydrogen-bond acceptors (Lipinski definition) is 4. The lowest BCUT2D eigenvalue weighted by molar-refractivity contribution is 0.612. The van der Waals surface area contributed by atoms with E-state index in [1.54, 1.807) is 11.3 Å². The second-order valence-electron chi connectivity index (χ2n) is 6.38. The normalized spacial score (nSPS) is 19.2. The molecule has 1 saturated heterocycles. The van der Waals surface area contributed by atoms with Crippen LogP contribution in [0, 0.1) is 6.92 Å². The second-order valence-corrected chi connectivity index (χ2v) is 7.36. The summed E-state index contributed by atoms with van der Waals surface area (Å²) in [5.41, 5.74) is 3.59. The molecule has 0 aliphatic carbocycles. The SMILES string of the molecule is Cc1nn(C)c2nc(N3CCCC(c4ccccc4)CC3)sc12. The van der Waals surface area contributed by atoms with Gasteiger partial charge in [-0.25, -0.2) is 9.67 Å². The molecule has 3 heterocycles. The third-order valence-electron chi connectivity index (χ3n) is 4.80. The highest BCUT2D eigenvalue weighted by molar-refractivity contribution is 7.22. The Morgan fingerprint density at radius 3 is 2.74 bits per heavy atom. The molecule has 1 aromatic carbocycles. The number of thiazole rings is 1. The first-order chi connectivity index (χ1) is 11.2. The first kappa shape index (κ1) is 14.7. The van der Waals surface area contributed by atoms with E-state index < -0.39 is 0 Å². The van der Waals surface area contributed by atoms with Crippen molar-refractivity contribution in [3.05, 3.63) is 41.6 Å². The summed E-state index contributed by atoms with van der Waals surface area (Å²) in [7, 11) is 1.98. The van der Waals surface area contributed by atoms with E-state index in [4.69, 9.17) is 4.98 Å². The largest absolute Gasteiger partial charge is 0.348 e. The number of benzene rings is 1. The molecule has 23 heavy (non-hydrogen) atoms. The van der Waals surface area contributed by atoms with Crippen LogP contribution < -0.4 is 4.90 Å². The Morgan fingerprint density at radius 1 is 1.13 bits per heavy atom. The number of nitrogens with zero attached hydrogens (tertiary/aromatic N) is 4. The monoisotopic (exact) mass is 326 g/mol. The van der Waals surface area contributed by atoms with E-state index in [0.29, 0.717) is 5.92 Å². The van der Waals surface area contributed by atoms with E-state index in [2.05, 4.69) is 47.3 Å². The molecule has 1 aliphatic rings. The van der Waals surface area contributed by atoms with Gasteiger partial charge in [-0.3, -0.25) is 0 Å². The molecule has 0 bridgehead atoms. The molecule has 120 valence electrons. The zero-order chi connectivity index (χ0) is 15.8. The van der Waals surface area contributed by atoms with Crippen LogP contribution in [0.4, 0.5) is 5.13 Å². The van der Waals surface area contributed by atoms with Gasteiger partial charge in [-0.2, -0.15) is 5.10 Å². The highest BCUT2D eigenvalue weighted by Crippen LogP contribution is 2.34. The standard InChI is InChI=1S/C18H22N4S/c1-13-16-17(21(2)20-13)19-18(23-16)22-11-6-9-15(10-12-22)14-7-4-3-5-8-14/h3-5,7-8,15H,6,9-12H2,1-2H3. The molecule has 4 nitrogen and oxygen atoms in total. The summed E-state index contributed by atoms with van der Waals surface area (Å²) in [6, 6.07) is 11.0. The van der Waals surface area contributed by atoms with Crippen LogP contribution in [0.3, 0.4) is 0 Å². The third kappa shape index (κ3) is 2.74. The van der Waals surface area contributed by atoms with Crippen molar-refractivity contribution in [2.45, 2.75) is 32.1 Å². The van der Waals surface area contributed by atoms with Gasteiger partial charge < -0.3 is 4.90 Å². The van der Waals surface area contributed by atoms with E-state index in [1.165, 1.54) is 29.5 Å². The molecule has 0 spiro atoms. The number of aryl methyl sites for hydroxylation is 2. The van der Waals surface area contributed by atoms with Crippen molar-refractivity contribution in [3.8, 4) is 0 Å². The molecule has 0 radical (unpaired) electrons. The first-order valence-electron chi connectivity index (χ1n) is 8.32. The fourth-order valence-electron chi connectivity index (χ4n) is 3.56. The summed E-state index contributed by atoms with van der Waals surface area (Å²) in [5, 5.41) is 5.61. The quantitative estimate of drug-likeness (QED) is 0.710. The maximum Gasteiger partial charge on any atom is 0.188 e. The van der Waals surface area contributed by atoms with E-state index in [1.807, 2.05) is 11.7 Å². The van der Waals surface area contributed by atoms with Gasteiger partial charge in [-0.05, 0) is 37.7 Å².